The van der Waals surface area contributed by atoms with Gasteiger partial charge in [0.2, 0.25) is 0 Å². The van der Waals surface area contributed by atoms with Crippen molar-refractivity contribution in [3.8, 4) is 11.5 Å². The normalized spacial score (nSPS) is 11.4. The monoisotopic (exact) mass is 636 g/mol. The van der Waals surface area contributed by atoms with E-state index >= 15 is 0 Å². The van der Waals surface area contributed by atoms with Crippen LogP contribution in [0.25, 0.3) is 21.5 Å². The summed E-state index contributed by atoms with van der Waals surface area (Å²) in [5, 5.41) is 12.3. The van der Waals surface area contributed by atoms with Crippen LogP contribution in [0.2, 0.25) is 0 Å². The highest BCUT2D eigenvalue weighted by molar-refractivity contribution is 7.85. The van der Waals surface area contributed by atoms with Crippen molar-refractivity contribution in [2.45, 2.75) is 78.3 Å². The summed E-state index contributed by atoms with van der Waals surface area (Å²) in [6, 6.07) is 25.9. The van der Waals surface area contributed by atoms with Crippen LogP contribution in [0.3, 0.4) is 0 Å². The molecular formula is C37H52N2O5S. The van der Waals surface area contributed by atoms with E-state index in [0.29, 0.717) is 6.26 Å². The van der Waals surface area contributed by atoms with Gasteiger partial charge in [-0.2, -0.15) is 8.42 Å². The molecule has 0 unspecified atom stereocenters. The number of nitrogens with one attached hydrogen (secondary N) is 2. The fourth-order valence-electron chi connectivity index (χ4n) is 5.18. The lowest BCUT2D eigenvalue weighted by atomic mass is 10.0. The number of fused-ring (bicyclic) bond motifs is 2. The van der Waals surface area contributed by atoms with Gasteiger partial charge in [0.05, 0.1) is 19.5 Å². The quantitative estimate of drug-likeness (QED) is 0.0704. The zero-order valence-electron chi connectivity index (χ0n) is 27.3. The van der Waals surface area contributed by atoms with Crippen LogP contribution < -0.4 is 20.1 Å². The summed E-state index contributed by atoms with van der Waals surface area (Å²) in [5.74, 6) is 2.01. The zero-order valence-corrected chi connectivity index (χ0v) is 28.1. The molecule has 0 aliphatic carbocycles. The fraction of sp³-hybridized carbons (Fsp3) is 0.459. The zero-order chi connectivity index (χ0) is 32.3. The summed E-state index contributed by atoms with van der Waals surface area (Å²) in [7, 11) is -3.67. The van der Waals surface area contributed by atoms with Crippen molar-refractivity contribution in [3.05, 3.63) is 83.9 Å². The number of hydrogen-bond acceptors (Lipinski definition) is 6. The summed E-state index contributed by atoms with van der Waals surface area (Å²) in [6.07, 6.45) is 10.1. The second-order valence-electron chi connectivity index (χ2n) is 11.4. The van der Waals surface area contributed by atoms with E-state index in [1.165, 1.54) is 58.4 Å². The fourth-order valence-corrected chi connectivity index (χ4v) is 5.18. The van der Waals surface area contributed by atoms with E-state index in [0.717, 1.165) is 76.6 Å². The largest absolute Gasteiger partial charge is 0.493 e. The van der Waals surface area contributed by atoms with Gasteiger partial charge in [0.1, 0.15) is 11.5 Å². The number of hydrogen-bond donors (Lipinski definition) is 3. The van der Waals surface area contributed by atoms with Crippen molar-refractivity contribution in [3.63, 3.8) is 0 Å². The number of benzene rings is 4. The molecule has 0 aromatic heterocycles. The summed E-state index contributed by atoms with van der Waals surface area (Å²) in [4.78, 5) is 0. The first-order valence-electron chi connectivity index (χ1n) is 16.4. The second-order valence-corrected chi connectivity index (χ2v) is 12.9. The highest BCUT2D eigenvalue weighted by atomic mass is 32.2. The smallest absolute Gasteiger partial charge is 0.261 e. The predicted octanol–water partition coefficient (Wildman–Crippen LogP) is 8.29. The SMILES string of the molecule is CCCCOc1ccc(CNCCCCCCNCc2ccc(OCCCC)c3ccccc23)c2ccccc12.CS(=O)(=O)O. The van der Waals surface area contributed by atoms with Gasteiger partial charge in [-0.25, -0.2) is 0 Å². The molecule has 0 heterocycles. The van der Waals surface area contributed by atoms with Crippen molar-refractivity contribution in [2.24, 2.45) is 0 Å². The van der Waals surface area contributed by atoms with Crippen LogP contribution >= 0.6 is 0 Å². The molecule has 0 spiro atoms. The first-order chi connectivity index (χ1) is 21.8. The molecule has 4 rings (SSSR count). The molecule has 0 fully saturated rings. The molecule has 8 heteroatoms. The number of rotatable bonds is 19. The molecule has 0 amide bonds. The van der Waals surface area contributed by atoms with Gasteiger partial charge in [0.25, 0.3) is 10.1 Å². The Bertz CT molecular complexity index is 1430. The molecule has 45 heavy (non-hydrogen) atoms. The molecule has 0 bridgehead atoms. The molecule has 4 aromatic carbocycles. The van der Waals surface area contributed by atoms with Crippen LogP contribution in [-0.4, -0.2) is 45.5 Å². The molecule has 4 aromatic rings. The third-order valence-electron chi connectivity index (χ3n) is 7.55. The summed E-state index contributed by atoms with van der Waals surface area (Å²) < 4.78 is 38.0. The molecule has 3 N–H and O–H groups in total. The highest BCUT2D eigenvalue weighted by Gasteiger charge is 2.08. The molecule has 246 valence electrons. The van der Waals surface area contributed by atoms with E-state index in [4.69, 9.17) is 14.0 Å². The van der Waals surface area contributed by atoms with E-state index < -0.39 is 10.1 Å². The molecule has 0 aliphatic rings. The molecule has 0 saturated heterocycles. The minimum atomic E-state index is -3.67. The van der Waals surface area contributed by atoms with Gasteiger partial charge >= 0.3 is 0 Å². The van der Waals surface area contributed by atoms with E-state index in [9.17, 15) is 8.42 Å². The molecule has 0 saturated carbocycles. The molecule has 0 atom stereocenters. The lowest BCUT2D eigenvalue weighted by Crippen LogP contribution is -2.16. The van der Waals surface area contributed by atoms with Gasteiger partial charge in [-0.05, 0) is 72.8 Å². The Morgan fingerprint density at radius 2 is 0.956 bits per heavy atom. The Balaban J connectivity index is 0.00000102. The van der Waals surface area contributed by atoms with Crippen LogP contribution in [0, 0.1) is 0 Å². The van der Waals surface area contributed by atoms with Crippen LogP contribution in [0.4, 0.5) is 0 Å². The van der Waals surface area contributed by atoms with Crippen LogP contribution in [0.1, 0.15) is 76.3 Å². The number of unbranched alkanes of at least 4 members (excludes halogenated alkanes) is 5. The Labute approximate surface area is 270 Å². The van der Waals surface area contributed by atoms with E-state index in [1.54, 1.807) is 0 Å². The summed E-state index contributed by atoms with van der Waals surface area (Å²) >= 11 is 0. The van der Waals surface area contributed by atoms with Crippen molar-refractivity contribution >= 4 is 31.7 Å². The van der Waals surface area contributed by atoms with Gasteiger partial charge in [-0.3, -0.25) is 4.55 Å². The van der Waals surface area contributed by atoms with Crippen LogP contribution in [0.15, 0.2) is 72.8 Å². The van der Waals surface area contributed by atoms with Crippen molar-refractivity contribution in [2.75, 3.05) is 32.6 Å². The second kappa shape index (κ2) is 20.1. The van der Waals surface area contributed by atoms with Gasteiger partial charge in [-0.15, -0.1) is 0 Å². The Morgan fingerprint density at radius 1 is 0.578 bits per heavy atom. The van der Waals surface area contributed by atoms with E-state index in [-0.39, 0.29) is 0 Å². The van der Waals surface area contributed by atoms with Gasteiger partial charge < -0.3 is 20.1 Å². The van der Waals surface area contributed by atoms with Gasteiger partial charge in [-0.1, -0.05) is 100 Å². The first kappa shape index (κ1) is 36.3. The Kier molecular flexibility index (Phi) is 16.2. The van der Waals surface area contributed by atoms with Crippen LogP contribution in [-0.2, 0) is 23.2 Å². The third-order valence-corrected chi connectivity index (χ3v) is 7.55. The van der Waals surface area contributed by atoms with Gasteiger partial charge in [0, 0.05) is 23.9 Å². The summed E-state index contributed by atoms with van der Waals surface area (Å²) in [5.41, 5.74) is 2.69. The van der Waals surface area contributed by atoms with Crippen molar-refractivity contribution < 1.29 is 22.4 Å². The van der Waals surface area contributed by atoms with Crippen LogP contribution in [0.5, 0.6) is 11.5 Å². The van der Waals surface area contributed by atoms with E-state index in [2.05, 4.69) is 97.3 Å². The van der Waals surface area contributed by atoms with Crippen molar-refractivity contribution in [1.82, 2.24) is 10.6 Å². The third kappa shape index (κ3) is 13.4. The highest BCUT2D eigenvalue weighted by Crippen LogP contribution is 2.30. The molecule has 7 nitrogen and oxygen atoms in total. The number of ether oxygens (including phenoxy) is 2. The van der Waals surface area contributed by atoms with Crippen molar-refractivity contribution in [1.29, 1.82) is 0 Å². The average molecular weight is 637 g/mol. The standard InChI is InChI=1S/C36H48N2O2.CH4O3S/c1-3-5-25-39-35-21-19-29(31-15-9-11-17-33(31)35)27-37-23-13-7-8-14-24-38-28-30-20-22-36(40-26-6-4-2)34-18-12-10-16-32(30)34;1-5(2,3)4/h9-12,15-22,37-38H,3-8,13-14,23-28H2,1-2H3;1H3,(H,2,3,4). The maximum Gasteiger partial charge on any atom is 0.261 e. The minimum Gasteiger partial charge on any atom is -0.493 e. The molecule has 0 aliphatic heterocycles. The first-order valence-corrected chi connectivity index (χ1v) is 18.3. The maximum atomic E-state index is 9.19. The topological polar surface area (TPSA) is 96.9 Å². The predicted molar refractivity (Wildman–Crippen MR) is 188 cm³/mol. The molecular weight excluding hydrogens is 584 g/mol. The Morgan fingerprint density at radius 3 is 1.33 bits per heavy atom. The minimum absolute atomic E-state index is 0.715. The molecule has 0 radical (unpaired) electrons. The average Bonchev–Trinajstić information content (AvgIpc) is 3.02. The van der Waals surface area contributed by atoms with Gasteiger partial charge in [0.15, 0.2) is 0 Å². The van der Waals surface area contributed by atoms with E-state index in [1.807, 2.05) is 0 Å². The summed E-state index contributed by atoms with van der Waals surface area (Å²) in [6.45, 7) is 9.85. The lowest BCUT2D eigenvalue weighted by Gasteiger charge is -2.13. The lowest BCUT2D eigenvalue weighted by molar-refractivity contribution is 0.313. The Hall–Kier alpha value is -3.17. The maximum absolute atomic E-state index is 9.19.